The normalized spacial score (nSPS) is 25.1. The summed E-state index contributed by atoms with van der Waals surface area (Å²) in [5.74, 6) is 0.127. The first kappa shape index (κ1) is 11.7. The van der Waals surface area contributed by atoms with Crippen molar-refractivity contribution < 1.29 is 9.74 Å². The van der Waals surface area contributed by atoms with E-state index in [1.165, 1.54) is 0 Å². The van der Waals surface area contributed by atoms with Crippen molar-refractivity contribution >= 4 is 6.21 Å². The van der Waals surface area contributed by atoms with Gasteiger partial charge in [-0.3, -0.25) is 5.21 Å². The lowest BCUT2D eigenvalue weighted by Gasteiger charge is -2.27. The van der Waals surface area contributed by atoms with Gasteiger partial charge in [-0.15, -0.1) is 0 Å². The first-order valence-electron chi connectivity index (χ1n) is 5.86. The van der Waals surface area contributed by atoms with E-state index in [1.54, 1.807) is 6.21 Å². The van der Waals surface area contributed by atoms with E-state index in [1.807, 2.05) is 50.3 Å². The molecule has 1 aromatic rings. The lowest BCUT2D eigenvalue weighted by molar-refractivity contribution is -0.752. The maximum Gasteiger partial charge on any atom is 0.217 e. The van der Waals surface area contributed by atoms with Crippen molar-refractivity contribution in [3.05, 3.63) is 52.8 Å². The van der Waals surface area contributed by atoms with Crippen molar-refractivity contribution in [2.24, 2.45) is 0 Å². The van der Waals surface area contributed by atoms with Gasteiger partial charge in [0.05, 0.1) is 12.0 Å². The fraction of sp³-hybridized carbons (Fsp3) is 0.357. The van der Waals surface area contributed by atoms with Gasteiger partial charge in [-0.05, 0) is 25.8 Å². The van der Waals surface area contributed by atoms with Crippen LogP contribution in [0.2, 0.25) is 0 Å². The third kappa shape index (κ3) is 2.67. The molecule has 1 aromatic carbocycles. The summed E-state index contributed by atoms with van der Waals surface area (Å²) in [5.41, 5.74) is 2.26. The SMILES string of the molecule is C/C=C(/C)[C@H]1C[C@H](c2ccccc2)C=[N+]([O-])O1. The van der Waals surface area contributed by atoms with Gasteiger partial charge in [0.1, 0.15) is 0 Å². The van der Waals surface area contributed by atoms with Crippen LogP contribution in [0, 0.1) is 5.21 Å². The van der Waals surface area contributed by atoms with Crippen molar-refractivity contribution in [2.45, 2.75) is 32.3 Å². The maximum atomic E-state index is 11.5. The highest BCUT2D eigenvalue weighted by molar-refractivity contribution is 5.63. The minimum Gasteiger partial charge on any atom is -0.396 e. The monoisotopic (exact) mass is 231 g/mol. The van der Waals surface area contributed by atoms with Gasteiger partial charge in [-0.1, -0.05) is 42.0 Å². The molecule has 1 aliphatic rings. The van der Waals surface area contributed by atoms with Gasteiger partial charge in [0.2, 0.25) is 6.21 Å². The average Bonchev–Trinajstić information content (AvgIpc) is 2.38. The predicted molar refractivity (Wildman–Crippen MR) is 67.8 cm³/mol. The lowest BCUT2D eigenvalue weighted by atomic mass is 9.91. The number of hydrogen-bond donors (Lipinski definition) is 0. The Morgan fingerprint density at radius 2 is 2.12 bits per heavy atom. The van der Waals surface area contributed by atoms with Crippen LogP contribution in [-0.4, -0.2) is 17.2 Å². The number of benzene rings is 1. The van der Waals surface area contributed by atoms with E-state index < -0.39 is 0 Å². The van der Waals surface area contributed by atoms with E-state index >= 15 is 0 Å². The molecule has 0 amide bonds. The van der Waals surface area contributed by atoms with E-state index in [9.17, 15) is 5.21 Å². The van der Waals surface area contributed by atoms with Gasteiger partial charge < -0.3 is 4.84 Å². The fourth-order valence-electron chi connectivity index (χ4n) is 2.02. The molecule has 3 heteroatoms. The van der Waals surface area contributed by atoms with E-state index in [2.05, 4.69) is 0 Å². The van der Waals surface area contributed by atoms with Crippen LogP contribution in [0.5, 0.6) is 0 Å². The predicted octanol–water partition coefficient (Wildman–Crippen LogP) is 3.02. The Labute approximate surface area is 102 Å². The summed E-state index contributed by atoms with van der Waals surface area (Å²) in [6.45, 7) is 3.95. The highest BCUT2D eigenvalue weighted by atomic mass is 16.9. The molecule has 0 N–H and O–H groups in total. The van der Waals surface area contributed by atoms with E-state index in [0.29, 0.717) is 4.90 Å². The first-order chi connectivity index (χ1) is 8.20. The summed E-state index contributed by atoms with van der Waals surface area (Å²) >= 11 is 0. The molecule has 0 aliphatic carbocycles. The van der Waals surface area contributed by atoms with Gasteiger partial charge in [0.15, 0.2) is 0 Å². The molecule has 2 atom stereocenters. The van der Waals surface area contributed by atoms with Crippen molar-refractivity contribution in [3.63, 3.8) is 0 Å². The van der Waals surface area contributed by atoms with Crippen molar-refractivity contribution in [3.8, 4) is 0 Å². The van der Waals surface area contributed by atoms with Crippen LogP contribution in [0.4, 0.5) is 0 Å². The van der Waals surface area contributed by atoms with Gasteiger partial charge in [-0.2, -0.15) is 0 Å². The Balaban J connectivity index is 2.23. The van der Waals surface area contributed by atoms with Crippen LogP contribution >= 0.6 is 0 Å². The summed E-state index contributed by atoms with van der Waals surface area (Å²) in [7, 11) is 0. The molecule has 1 heterocycles. The smallest absolute Gasteiger partial charge is 0.217 e. The zero-order valence-corrected chi connectivity index (χ0v) is 10.2. The highest BCUT2D eigenvalue weighted by Gasteiger charge is 2.26. The van der Waals surface area contributed by atoms with Gasteiger partial charge in [0, 0.05) is 4.90 Å². The molecule has 0 aromatic heterocycles. The first-order valence-corrected chi connectivity index (χ1v) is 5.86. The van der Waals surface area contributed by atoms with Crippen molar-refractivity contribution in [1.29, 1.82) is 0 Å². The molecule has 2 rings (SSSR count). The summed E-state index contributed by atoms with van der Waals surface area (Å²) in [6, 6.07) is 10.0. The molecule has 1 aliphatic heterocycles. The largest absolute Gasteiger partial charge is 0.396 e. The quantitative estimate of drug-likeness (QED) is 0.579. The van der Waals surface area contributed by atoms with Crippen LogP contribution in [0.25, 0.3) is 0 Å². The molecule has 0 saturated heterocycles. The zero-order chi connectivity index (χ0) is 12.3. The second-order valence-electron chi connectivity index (χ2n) is 4.31. The third-order valence-electron chi connectivity index (χ3n) is 3.19. The van der Waals surface area contributed by atoms with E-state index in [-0.39, 0.29) is 12.0 Å². The Kier molecular flexibility index (Phi) is 3.47. The summed E-state index contributed by atoms with van der Waals surface area (Å²) in [6.07, 6.45) is 4.28. The van der Waals surface area contributed by atoms with Crippen LogP contribution in [0.3, 0.4) is 0 Å². The Bertz CT molecular complexity index is 437. The van der Waals surface area contributed by atoms with Crippen molar-refractivity contribution in [1.82, 2.24) is 0 Å². The summed E-state index contributed by atoms with van der Waals surface area (Å²) in [4.78, 5) is 5.84. The zero-order valence-electron chi connectivity index (χ0n) is 10.2. The summed E-state index contributed by atoms with van der Waals surface area (Å²) < 4.78 is 0. The lowest BCUT2D eigenvalue weighted by Crippen LogP contribution is -2.30. The Morgan fingerprint density at radius 1 is 1.41 bits per heavy atom. The summed E-state index contributed by atoms with van der Waals surface area (Å²) in [5, 5.41) is 11.5. The molecule has 0 fully saturated rings. The molecule has 0 bridgehead atoms. The molecule has 90 valence electrons. The van der Waals surface area contributed by atoms with Gasteiger partial charge >= 0.3 is 0 Å². The third-order valence-corrected chi connectivity index (χ3v) is 3.19. The Morgan fingerprint density at radius 3 is 2.76 bits per heavy atom. The van der Waals surface area contributed by atoms with E-state index in [0.717, 1.165) is 17.6 Å². The molecule has 0 saturated carbocycles. The molecular formula is C14H17NO2. The second-order valence-corrected chi connectivity index (χ2v) is 4.31. The van der Waals surface area contributed by atoms with E-state index in [4.69, 9.17) is 4.84 Å². The minimum absolute atomic E-state index is 0.118. The molecule has 0 spiro atoms. The Hall–Kier alpha value is -1.77. The standard InChI is InChI=1S/C14H17NO2/c1-3-11(2)14-9-13(10-15(16)17-14)12-7-5-4-6-8-12/h3-8,10,13-14H,9H2,1-2H3/b11-3-/t13-,14+/m0/s1. The average molecular weight is 231 g/mol. The number of allylic oxidation sites excluding steroid dienone is 1. The molecular weight excluding hydrogens is 214 g/mol. The van der Waals surface area contributed by atoms with Gasteiger partial charge in [0.25, 0.3) is 0 Å². The number of nitrogens with zero attached hydrogens (tertiary/aromatic N) is 1. The second kappa shape index (κ2) is 5.04. The van der Waals surface area contributed by atoms with Crippen LogP contribution in [0.1, 0.15) is 31.7 Å². The van der Waals surface area contributed by atoms with Crippen molar-refractivity contribution in [2.75, 3.05) is 0 Å². The number of rotatable bonds is 2. The highest BCUT2D eigenvalue weighted by Crippen LogP contribution is 2.26. The van der Waals surface area contributed by atoms with Crippen LogP contribution in [0.15, 0.2) is 42.0 Å². The van der Waals surface area contributed by atoms with Gasteiger partial charge in [-0.25, -0.2) is 0 Å². The molecule has 0 unspecified atom stereocenters. The molecule has 0 radical (unpaired) electrons. The number of hydrogen-bond acceptors (Lipinski definition) is 2. The molecule has 3 nitrogen and oxygen atoms in total. The maximum absolute atomic E-state index is 11.5. The van der Waals surface area contributed by atoms with Crippen LogP contribution in [-0.2, 0) is 4.84 Å². The topological polar surface area (TPSA) is 35.3 Å². The van der Waals surface area contributed by atoms with Crippen LogP contribution < -0.4 is 0 Å². The fourth-order valence-corrected chi connectivity index (χ4v) is 2.02. The minimum atomic E-state index is -0.118. The molecule has 17 heavy (non-hydrogen) atoms.